The third kappa shape index (κ3) is 4.39. The molecule has 0 aliphatic carbocycles. The quantitative estimate of drug-likeness (QED) is 0.662. The lowest BCUT2D eigenvalue weighted by Gasteiger charge is -2.10. The van der Waals surface area contributed by atoms with Crippen LogP contribution in [0.25, 0.3) is 6.08 Å². The number of methoxy groups -OCH3 is 1. The molecule has 1 atom stereocenters. The van der Waals surface area contributed by atoms with Gasteiger partial charge in [-0.05, 0) is 53.0 Å². The van der Waals surface area contributed by atoms with E-state index >= 15 is 0 Å². The van der Waals surface area contributed by atoms with Crippen LogP contribution in [0.1, 0.15) is 25.8 Å². The summed E-state index contributed by atoms with van der Waals surface area (Å²) in [5.74, 6) is 0.346. The van der Waals surface area contributed by atoms with E-state index in [-0.39, 0.29) is 17.5 Å². The van der Waals surface area contributed by atoms with Crippen LogP contribution in [0.5, 0.6) is 5.75 Å². The van der Waals surface area contributed by atoms with Crippen LogP contribution in [0, 0.1) is 11.3 Å². The molecule has 1 aromatic carbocycles. The molecule has 0 heterocycles. The predicted molar refractivity (Wildman–Crippen MR) is 82.2 cm³/mol. The Bertz CT molecular complexity index is 561. The van der Waals surface area contributed by atoms with Gasteiger partial charge in [0.15, 0.2) is 0 Å². The molecule has 5 heteroatoms. The van der Waals surface area contributed by atoms with E-state index in [4.69, 9.17) is 10.00 Å². The van der Waals surface area contributed by atoms with E-state index in [0.717, 1.165) is 16.5 Å². The Balaban J connectivity index is 2.97. The molecule has 0 bridgehead atoms. The highest BCUT2D eigenvalue weighted by atomic mass is 79.9. The normalized spacial score (nSPS) is 12.4. The average molecular weight is 337 g/mol. The first-order valence-electron chi connectivity index (χ1n) is 6.28. The molecule has 1 amide bonds. The number of hydrogen-bond acceptors (Lipinski definition) is 3. The second kappa shape index (κ2) is 7.71. The van der Waals surface area contributed by atoms with Crippen molar-refractivity contribution in [2.24, 2.45) is 0 Å². The molecule has 0 saturated heterocycles. The van der Waals surface area contributed by atoms with Crippen molar-refractivity contribution in [3.63, 3.8) is 0 Å². The smallest absolute Gasteiger partial charge is 0.262 e. The van der Waals surface area contributed by atoms with E-state index in [1.54, 1.807) is 31.4 Å². The Morgan fingerprint density at radius 3 is 2.80 bits per heavy atom. The number of hydrogen-bond donors (Lipinski definition) is 1. The molecule has 1 N–H and O–H groups in total. The second-order valence-corrected chi connectivity index (χ2v) is 5.20. The monoisotopic (exact) mass is 336 g/mol. The molecule has 0 aliphatic heterocycles. The molecule has 20 heavy (non-hydrogen) atoms. The lowest BCUT2D eigenvalue weighted by atomic mass is 10.1. The van der Waals surface area contributed by atoms with Crippen molar-refractivity contribution in [1.82, 2.24) is 5.32 Å². The highest BCUT2D eigenvalue weighted by molar-refractivity contribution is 9.10. The van der Waals surface area contributed by atoms with E-state index in [1.807, 2.05) is 19.9 Å². The minimum atomic E-state index is -0.353. The Hall–Kier alpha value is -1.80. The molecular weight excluding hydrogens is 320 g/mol. The minimum absolute atomic E-state index is 0.0434. The Morgan fingerprint density at radius 1 is 1.60 bits per heavy atom. The van der Waals surface area contributed by atoms with Gasteiger partial charge in [-0.2, -0.15) is 5.26 Å². The summed E-state index contributed by atoms with van der Waals surface area (Å²) in [7, 11) is 1.58. The standard InChI is InChI=1S/C15H17BrN2O2/c1-4-10(2)18-15(19)12(9-17)7-11-5-6-14(20-3)13(16)8-11/h5-8,10H,4H2,1-3H3,(H,18,19)/b12-7+/t10-/m1/s1. The number of nitriles is 1. The summed E-state index contributed by atoms with van der Waals surface area (Å²) in [6, 6.07) is 7.34. The van der Waals surface area contributed by atoms with E-state index in [0.29, 0.717) is 5.75 Å². The van der Waals surface area contributed by atoms with E-state index < -0.39 is 0 Å². The van der Waals surface area contributed by atoms with Gasteiger partial charge in [0.1, 0.15) is 17.4 Å². The number of halogens is 1. The van der Waals surface area contributed by atoms with E-state index in [9.17, 15) is 4.79 Å². The van der Waals surface area contributed by atoms with Gasteiger partial charge in [-0.25, -0.2) is 0 Å². The molecule has 4 nitrogen and oxygen atoms in total. The minimum Gasteiger partial charge on any atom is -0.496 e. The SMILES string of the molecule is CC[C@@H](C)NC(=O)/C(C#N)=C/c1ccc(OC)c(Br)c1. The Kier molecular flexibility index (Phi) is 6.26. The zero-order chi connectivity index (χ0) is 15.1. The maximum absolute atomic E-state index is 11.9. The van der Waals surface area contributed by atoms with Crippen molar-refractivity contribution in [3.8, 4) is 11.8 Å². The lowest BCUT2D eigenvalue weighted by molar-refractivity contribution is -0.117. The van der Waals surface area contributed by atoms with Gasteiger partial charge in [-0.15, -0.1) is 0 Å². The molecule has 0 saturated carbocycles. The molecule has 106 valence electrons. The van der Waals surface area contributed by atoms with Crippen LogP contribution in [0.15, 0.2) is 28.2 Å². The molecular formula is C15H17BrN2O2. The number of rotatable bonds is 5. The van der Waals surface area contributed by atoms with E-state index in [2.05, 4.69) is 21.2 Å². The van der Waals surface area contributed by atoms with Crippen molar-refractivity contribution in [1.29, 1.82) is 5.26 Å². The van der Waals surface area contributed by atoms with Crippen molar-refractivity contribution in [3.05, 3.63) is 33.8 Å². The summed E-state index contributed by atoms with van der Waals surface area (Å²) < 4.78 is 5.91. The maximum Gasteiger partial charge on any atom is 0.262 e. The highest BCUT2D eigenvalue weighted by Crippen LogP contribution is 2.26. The first-order chi connectivity index (χ1) is 9.51. The van der Waals surface area contributed by atoms with Gasteiger partial charge >= 0.3 is 0 Å². The molecule has 1 rings (SSSR count). The number of benzene rings is 1. The number of carbonyl (C=O) groups is 1. The fraction of sp³-hybridized carbons (Fsp3) is 0.333. The van der Waals surface area contributed by atoms with Crippen LogP contribution in [0.4, 0.5) is 0 Å². The summed E-state index contributed by atoms with van der Waals surface area (Å²) in [5.41, 5.74) is 0.843. The number of amides is 1. The molecule has 0 radical (unpaired) electrons. The number of nitrogens with one attached hydrogen (secondary N) is 1. The van der Waals surface area contributed by atoms with Crippen LogP contribution < -0.4 is 10.1 Å². The number of carbonyl (C=O) groups excluding carboxylic acids is 1. The summed E-state index contributed by atoms with van der Waals surface area (Å²) in [4.78, 5) is 11.9. The topological polar surface area (TPSA) is 62.1 Å². The van der Waals surface area contributed by atoms with Crippen LogP contribution in [0.2, 0.25) is 0 Å². The zero-order valence-corrected chi connectivity index (χ0v) is 13.3. The fourth-order valence-corrected chi connectivity index (χ4v) is 2.05. The van der Waals surface area contributed by atoms with Gasteiger partial charge < -0.3 is 10.1 Å². The van der Waals surface area contributed by atoms with Gasteiger partial charge in [-0.3, -0.25) is 4.79 Å². The summed E-state index contributed by atoms with van der Waals surface area (Å²) >= 11 is 3.37. The second-order valence-electron chi connectivity index (χ2n) is 4.35. The summed E-state index contributed by atoms with van der Waals surface area (Å²) in [5, 5.41) is 11.9. The van der Waals surface area contributed by atoms with Crippen LogP contribution in [0.3, 0.4) is 0 Å². The van der Waals surface area contributed by atoms with Gasteiger partial charge in [0.25, 0.3) is 5.91 Å². The zero-order valence-electron chi connectivity index (χ0n) is 11.7. The third-order valence-electron chi connectivity index (χ3n) is 2.84. The van der Waals surface area contributed by atoms with Crippen molar-refractivity contribution < 1.29 is 9.53 Å². The number of ether oxygens (including phenoxy) is 1. The van der Waals surface area contributed by atoms with Crippen molar-refractivity contribution in [2.75, 3.05) is 7.11 Å². The van der Waals surface area contributed by atoms with Crippen molar-refractivity contribution >= 4 is 27.9 Å². The van der Waals surface area contributed by atoms with Crippen LogP contribution in [-0.2, 0) is 4.79 Å². The van der Waals surface area contributed by atoms with Crippen LogP contribution in [-0.4, -0.2) is 19.1 Å². The van der Waals surface area contributed by atoms with Gasteiger partial charge in [0, 0.05) is 6.04 Å². The lowest BCUT2D eigenvalue weighted by Crippen LogP contribution is -2.32. The highest BCUT2D eigenvalue weighted by Gasteiger charge is 2.11. The molecule has 0 spiro atoms. The van der Waals surface area contributed by atoms with Gasteiger partial charge in [0.05, 0.1) is 11.6 Å². The largest absolute Gasteiger partial charge is 0.496 e. The fourth-order valence-electron chi connectivity index (χ4n) is 1.49. The summed E-state index contributed by atoms with van der Waals surface area (Å²) in [6.45, 7) is 3.87. The molecule has 1 aromatic rings. The van der Waals surface area contributed by atoms with Gasteiger partial charge in [0.2, 0.25) is 0 Å². The van der Waals surface area contributed by atoms with E-state index in [1.165, 1.54) is 0 Å². The number of nitrogens with zero attached hydrogens (tertiary/aromatic N) is 1. The predicted octanol–water partition coefficient (Wildman–Crippen LogP) is 3.28. The van der Waals surface area contributed by atoms with Crippen molar-refractivity contribution in [2.45, 2.75) is 26.3 Å². The molecule has 0 aromatic heterocycles. The third-order valence-corrected chi connectivity index (χ3v) is 3.46. The Morgan fingerprint density at radius 2 is 2.30 bits per heavy atom. The Labute approximate surface area is 127 Å². The first-order valence-corrected chi connectivity index (χ1v) is 7.07. The maximum atomic E-state index is 11.9. The molecule has 0 aliphatic rings. The van der Waals surface area contributed by atoms with Gasteiger partial charge in [-0.1, -0.05) is 13.0 Å². The van der Waals surface area contributed by atoms with Crippen LogP contribution >= 0.6 is 15.9 Å². The first kappa shape index (κ1) is 16.3. The molecule has 0 fully saturated rings. The molecule has 0 unspecified atom stereocenters. The average Bonchev–Trinajstić information content (AvgIpc) is 2.44. The summed E-state index contributed by atoms with van der Waals surface area (Å²) in [6.07, 6.45) is 2.38.